The van der Waals surface area contributed by atoms with E-state index < -0.39 is 16.1 Å². The van der Waals surface area contributed by atoms with Crippen LogP contribution in [0.3, 0.4) is 0 Å². The van der Waals surface area contributed by atoms with Crippen molar-refractivity contribution in [2.24, 2.45) is 0 Å². The van der Waals surface area contributed by atoms with Crippen LogP contribution in [0.15, 0.2) is 64.0 Å². The average molecular weight is 390 g/mol. The number of hydrogen-bond donors (Lipinski definition) is 0. The molecule has 0 N–H and O–H groups in total. The minimum absolute atomic E-state index is 0.265. The van der Waals surface area contributed by atoms with Gasteiger partial charge in [0.05, 0.1) is 21.5 Å². The van der Waals surface area contributed by atoms with E-state index in [2.05, 4.69) is 10.1 Å². The van der Waals surface area contributed by atoms with E-state index in [0.717, 1.165) is 6.42 Å². The van der Waals surface area contributed by atoms with Crippen molar-refractivity contribution in [3.05, 3.63) is 65.4 Å². The Morgan fingerprint density at radius 2 is 1.81 bits per heavy atom. The molecular formula is C18H16ClN3O3S. The molecule has 0 aliphatic carbocycles. The summed E-state index contributed by atoms with van der Waals surface area (Å²) in [7, 11) is -3.61. The van der Waals surface area contributed by atoms with Crippen molar-refractivity contribution in [2.75, 3.05) is 6.54 Å². The molecule has 0 radical (unpaired) electrons. The third-order valence-corrected chi connectivity index (χ3v) is 6.65. The van der Waals surface area contributed by atoms with E-state index in [4.69, 9.17) is 16.1 Å². The smallest absolute Gasteiger partial charge is 0.259 e. The molecule has 1 saturated heterocycles. The summed E-state index contributed by atoms with van der Waals surface area (Å²) in [5.74, 6) is 0.645. The quantitative estimate of drug-likeness (QED) is 0.676. The number of halogens is 1. The summed E-state index contributed by atoms with van der Waals surface area (Å²) < 4.78 is 32.7. The second-order valence-corrected chi connectivity index (χ2v) is 8.32. The first-order valence-electron chi connectivity index (χ1n) is 8.23. The maximum absolute atomic E-state index is 13.0. The standard InChI is InChI=1S/C18H16ClN3O3S/c19-15-10-5-4-9-14(15)18-20-17(21-25-18)16-11-6-12-22(16)26(23,24)13-7-2-1-3-8-13/h1-5,7-10,16H,6,11-12H2/t16-/m1/s1. The molecule has 1 aliphatic rings. The van der Waals surface area contributed by atoms with Gasteiger partial charge in [0.2, 0.25) is 10.0 Å². The van der Waals surface area contributed by atoms with Crippen molar-refractivity contribution < 1.29 is 12.9 Å². The molecule has 26 heavy (non-hydrogen) atoms. The number of sulfonamides is 1. The average Bonchev–Trinajstić information content (AvgIpc) is 3.32. The van der Waals surface area contributed by atoms with E-state index in [1.807, 2.05) is 12.1 Å². The summed E-state index contributed by atoms with van der Waals surface area (Å²) in [6.07, 6.45) is 1.39. The number of hydrogen-bond acceptors (Lipinski definition) is 5. The van der Waals surface area contributed by atoms with Crippen molar-refractivity contribution >= 4 is 21.6 Å². The van der Waals surface area contributed by atoms with Gasteiger partial charge in [0.15, 0.2) is 5.82 Å². The lowest BCUT2D eigenvalue weighted by Gasteiger charge is -2.21. The Hall–Kier alpha value is -2.22. The van der Waals surface area contributed by atoms with Crippen molar-refractivity contribution in [1.82, 2.24) is 14.4 Å². The number of nitrogens with zero attached hydrogens (tertiary/aromatic N) is 3. The van der Waals surface area contributed by atoms with Gasteiger partial charge in [-0.3, -0.25) is 0 Å². The first kappa shape index (κ1) is 17.2. The van der Waals surface area contributed by atoms with Crippen molar-refractivity contribution in [2.45, 2.75) is 23.8 Å². The fourth-order valence-electron chi connectivity index (χ4n) is 3.13. The highest BCUT2D eigenvalue weighted by Gasteiger charge is 2.38. The van der Waals surface area contributed by atoms with E-state index in [-0.39, 0.29) is 10.8 Å². The van der Waals surface area contributed by atoms with Gasteiger partial charge in [-0.15, -0.1) is 0 Å². The maximum Gasteiger partial charge on any atom is 0.259 e. The van der Waals surface area contributed by atoms with Crippen molar-refractivity contribution in [1.29, 1.82) is 0 Å². The zero-order valence-electron chi connectivity index (χ0n) is 13.7. The molecule has 8 heteroatoms. The van der Waals surface area contributed by atoms with Crippen LogP contribution in [0, 0.1) is 0 Å². The summed E-state index contributed by atoms with van der Waals surface area (Å²) in [5, 5.41) is 4.52. The predicted octanol–water partition coefficient (Wildman–Crippen LogP) is 3.92. The largest absolute Gasteiger partial charge is 0.334 e. The van der Waals surface area contributed by atoms with E-state index in [1.165, 1.54) is 4.31 Å². The summed E-state index contributed by atoms with van der Waals surface area (Å²) in [5.41, 5.74) is 0.628. The second-order valence-electron chi connectivity index (χ2n) is 6.02. The van der Waals surface area contributed by atoms with Crippen molar-refractivity contribution in [3.8, 4) is 11.5 Å². The third-order valence-electron chi connectivity index (χ3n) is 4.40. The van der Waals surface area contributed by atoms with Gasteiger partial charge in [-0.2, -0.15) is 9.29 Å². The van der Waals surface area contributed by atoms with E-state index in [9.17, 15) is 8.42 Å². The molecule has 1 fully saturated rings. The lowest BCUT2D eigenvalue weighted by atomic mass is 10.2. The fourth-order valence-corrected chi connectivity index (χ4v) is 5.02. The minimum Gasteiger partial charge on any atom is -0.334 e. The molecule has 3 aromatic rings. The van der Waals surface area contributed by atoms with Gasteiger partial charge < -0.3 is 4.52 Å². The van der Waals surface area contributed by atoms with Gasteiger partial charge in [0.1, 0.15) is 0 Å². The van der Waals surface area contributed by atoms with Crippen LogP contribution in [-0.4, -0.2) is 29.4 Å². The lowest BCUT2D eigenvalue weighted by molar-refractivity contribution is 0.358. The third kappa shape index (κ3) is 3.02. The summed E-state index contributed by atoms with van der Waals surface area (Å²) >= 11 is 6.17. The molecule has 134 valence electrons. The zero-order chi connectivity index (χ0) is 18.1. The number of aromatic nitrogens is 2. The molecule has 0 saturated carbocycles. The molecule has 6 nitrogen and oxygen atoms in total. The van der Waals surface area contributed by atoms with Crippen LogP contribution in [0.4, 0.5) is 0 Å². The van der Waals surface area contributed by atoms with Crippen LogP contribution in [0.2, 0.25) is 5.02 Å². The second kappa shape index (κ2) is 6.83. The molecule has 1 aliphatic heterocycles. The molecule has 0 bridgehead atoms. The molecule has 1 aromatic heterocycles. The highest BCUT2D eigenvalue weighted by atomic mass is 35.5. The van der Waals surface area contributed by atoms with Gasteiger partial charge in [-0.25, -0.2) is 8.42 Å². The normalized spacial score (nSPS) is 18.3. The van der Waals surface area contributed by atoms with Gasteiger partial charge >= 0.3 is 0 Å². The number of rotatable bonds is 4. The SMILES string of the molecule is O=S(=O)(c1ccccc1)N1CCC[C@@H]1c1noc(-c2ccccc2Cl)n1. The van der Waals surface area contributed by atoms with Gasteiger partial charge in [-0.05, 0) is 37.1 Å². The first-order chi connectivity index (χ1) is 12.6. The Bertz CT molecular complexity index is 1020. The Kier molecular flexibility index (Phi) is 4.52. The molecule has 0 unspecified atom stereocenters. The maximum atomic E-state index is 13.0. The molecule has 4 rings (SSSR count). The fraction of sp³-hybridized carbons (Fsp3) is 0.222. The van der Waals surface area contributed by atoms with Crippen LogP contribution in [0.5, 0.6) is 0 Å². The van der Waals surface area contributed by atoms with Crippen LogP contribution < -0.4 is 0 Å². The predicted molar refractivity (Wildman–Crippen MR) is 97.1 cm³/mol. The Balaban J connectivity index is 1.67. The molecule has 0 amide bonds. The highest BCUT2D eigenvalue weighted by Crippen LogP contribution is 2.36. The zero-order valence-corrected chi connectivity index (χ0v) is 15.3. The Morgan fingerprint density at radius 1 is 1.08 bits per heavy atom. The summed E-state index contributed by atoms with van der Waals surface area (Å²) in [6.45, 7) is 0.428. The van der Waals surface area contributed by atoms with Gasteiger partial charge in [0, 0.05) is 6.54 Å². The topological polar surface area (TPSA) is 76.3 Å². The number of benzene rings is 2. The molecule has 0 spiro atoms. The van der Waals surface area contributed by atoms with E-state index in [1.54, 1.807) is 42.5 Å². The van der Waals surface area contributed by atoms with Crippen LogP contribution >= 0.6 is 11.6 Å². The van der Waals surface area contributed by atoms with E-state index >= 15 is 0 Å². The summed E-state index contributed by atoms with van der Waals surface area (Å²) in [4.78, 5) is 4.68. The minimum atomic E-state index is -3.61. The van der Waals surface area contributed by atoms with Gasteiger partial charge in [-0.1, -0.05) is 47.1 Å². The molecule has 2 aromatic carbocycles. The lowest BCUT2D eigenvalue weighted by Crippen LogP contribution is -2.31. The first-order valence-corrected chi connectivity index (χ1v) is 10.0. The van der Waals surface area contributed by atoms with Crippen LogP contribution in [0.25, 0.3) is 11.5 Å². The highest BCUT2D eigenvalue weighted by molar-refractivity contribution is 7.89. The Labute approximate surface area is 156 Å². The van der Waals surface area contributed by atoms with E-state index in [0.29, 0.717) is 29.4 Å². The monoisotopic (exact) mass is 389 g/mol. The summed E-state index contributed by atoms with van der Waals surface area (Å²) in [6, 6.07) is 15.1. The Morgan fingerprint density at radius 3 is 2.58 bits per heavy atom. The molecular weight excluding hydrogens is 374 g/mol. The van der Waals surface area contributed by atoms with Crippen LogP contribution in [-0.2, 0) is 10.0 Å². The van der Waals surface area contributed by atoms with Crippen molar-refractivity contribution in [3.63, 3.8) is 0 Å². The molecule has 1 atom stereocenters. The molecule has 2 heterocycles. The van der Waals surface area contributed by atoms with Gasteiger partial charge in [0.25, 0.3) is 5.89 Å². The van der Waals surface area contributed by atoms with Crippen LogP contribution in [0.1, 0.15) is 24.7 Å².